The summed E-state index contributed by atoms with van der Waals surface area (Å²) < 4.78 is 9.17. The molecule has 0 spiro atoms. The van der Waals surface area contributed by atoms with Crippen molar-refractivity contribution < 1.29 is 4.74 Å². The maximum absolute atomic E-state index is 6.16. The lowest BCUT2D eigenvalue weighted by molar-refractivity contribution is 0.484. The summed E-state index contributed by atoms with van der Waals surface area (Å²) in [6.07, 6.45) is 0. The van der Waals surface area contributed by atoms with Gasteiger partial charge in [-0.05, 0) is 53.9 Å². The number of nitrogens with two attached hydrogens (primary N) is 1. The summed E-state index contributed by atoms with van der Waals surface area (Å²) in [6.45, 7) is 0.759. The van der Waals surface area contributed by atoms with E-state index in [1.54, 1.807) is 18.2 Å². The molecule has 3 N–H and O–H groups in total. The maximum atomic E-state index is 6.16. The van der Waals surface area contributed by atoms with E-state index in [1.807, 2.05) is 36.4 Å². The van der Waals surface area contributed by atoms with E-state index in [1.165, 1.54) is 17.5 Å². The molecule has 3 aromatic rings. The van der Waals surface area contributed by atoms with E-state index < -0.39 is 0 Å². The fourth-order valence-corrected chi connectivity index (χ4v) is 3.30. The van der Waals surface area contributed by atoms with Crippen molar-refractivity contribution in [2.24, 2.45) is 0 Å². The van der Waals surface area contributed by atoms with E-state index in [-0.39, 0.29) is 0 Å². The van der Waals surface area contributed by atoms with Crippen LogP contribution in [-0.2, 0) is 6.54 Å². The molecule has 3 rings (SSSR count). The van der Waals surface area contributed by atoms with Gasteiger partial charge < -0.3 is 10.5 Å². The fraction of sp³-hybridized carbons (Fsp3) is 0.0526. The van der Waals surface area contributed by atoms with Crippen molar-refractivity contribution in [2.45, 2.75) is 11.4 Å². The molecule has 0 amide bonds. The first-order valence-electron chi connectivity index (χ1n) is 7.58. The molecule has 0 saturated heterocycles. The standard InChI is InChI=1S/C19H16Cl2N2OS/c20-14-6-9-18(16(21)10-14)24-19-11-15(7-8-17(19)22)25-23-12-13-4-2-1-3-5-13/h1-11,23H,12,22H2. The molecule has 0 radical (unpaired) electrons. The molecule has 3 aromatic carbocycles. The summed E-state index contributed by atoms with van der Waals surface area (Å²) >= 11 is 13.6. The van der Waals surface area contributed by atoms with Gasteiger partial charge in [-0.1, -0.05) is 53.5 Å². The van der Waals surface area contributed by atoms with Crippen LogP contribution in [0.3, 0.4) is 0 Å². The van der Waals surface area contributed by atoms with Crippen molar-refractivity contribution in [3.8, 4) is 11.5 Å². The van der Waals surface area contributed by atoms with Crippen LogP contribution in [0.5, 0.6) is 11.5 Å². The lowest BCUT2D eigenvalue weighted by atomic mass is 10.2. The molecule has 0 heterocycles. The van der Waals surface area contributed by atoms with Crippen LogP contribution in [0.4, 0.5) is 5.69 Å². The molecule has 3 nitrogen and oxygen atoms in total. The molecule has 25 heavy (non-hydrogen) atoms. The Morgan fingerprint density at radius 3 is 2.48 bits per heavy atom. The summed E-state index contributed by atoms with van der Waals surface area (Å²) in [6, 6.07) is 20.9. The van der Waals surface area contributed by atoms with Gasteiger partial charge in [0.1, 0.15) is 5.75 Å². The lowest BCUT2D eigenvalue weighted by Crippen LogP contribution is -2.02. The SMILES string of the molecule is Nc1ccc(SNCc2ccccc2)cc1Oc1ccc(Cl)cc1Cl. The van der Waals surface area contributed by atoms with E-state index in [9.17, 15) is 0 Å². The third kappa shape index (κ3) is 5.06. The highest BCUT2D eigenvalue weighted by atomic mass is 35.5. The Kier molecular flexibility index (Phi) is 6.10. The average molecular weight is 391 g/mol. The van der Waals surface area contributed by atoms with E-state index >= 15 is 0 Å². The first kappa shape index (κ1) is 18.0. The molecule has 128 valence electrons. The average Bonchev–Trinajstić information content (AvgIpc) is 2.61. The Morgan fingerprint density at radius 2 is 1.72 bits per heavy atom. The molecule has 0 bridgehead atoms. The highest BCUT2D eigenvalue weighted by Crippen LogP contribution is 2.35. The van der Waals surface area contributed by atoms with Gasteiger partial charge in [-0.3, -0.25) is 4.72 Å². The molecule has 0 atom stereocenters. The Morgan fingerprint density at radius 1 is 0.920 bits per heavy atom. The second-order valence-corrected chi connectivity index (χ2v) is 7.09. The van der Waals surface area contributed by atoms with Crippen molar-refractivity contribution in [2.75, 3.05) is 5.73 Å². The molecule has 0 unspecified atom stereocenters. The number of hydrogen-bond donors (Lipinski definition) is 2. The molecular formula is C19H16Cl2N2OS. The van der Waals surface area contributed by atoms with E-state index in [0.717, 1.165) is 11.4 Å². The number of nitrogen functional groups attached to an aromatic ring is 1. The van der Waals surface area contributed by atoms with Crippen LogP contribution in [0, 0.1) is 0 Å². The molecule has 0 fully saturated rings. The third-order valence-electron chi connectivity index (χ3n) is 3.41. The Hall–Kier alpha value is -1.85. The van der Waals surface area contributed by atoms with Gasteiger partial charge in [-0.2, -0.15) is 0 Å². The quantitative estimate of drug-likeness (QED) is 0.390. The Bertz CT molecular complexity index is 859. The van der Waals surface area contributed by atoms with Crippen LogP contribution in [0.15, 0.2) is 71.6 Å². The van der Waals surface area contributed by atoms with Gasteiger partial charge >= 0.3 is 0 Å². The zero-order valence-corrected chi connectivity index (χ0v) is 15.5. The number of halogens is 2. The minimum Gasteiger partial charge on any atom is -0.454 e. The van der Waals surface area contributed by atoms with Crippen LogP contribution >= 0.6 is 35.1 Å². The Balaban J connectivity index is 1.67. The third-order valence-corrected chi connectivity index (χ3v) is 4.72. The second-order valence-electron chi connectivity index (χ2n) is 5.29. The summed E-state index contributed by atoms with van der Waals surface area (Å²) in [4.78, 5) is 0.991. The van der Waals surface area contributed by atoms with Gasteiger partial charge in [0.15, 0.2) is 5.75 Å². The number of hydrogen-bond acceptors (Lipinski definition) is 4. The molecule has 0 aliphatic rings. The van der Waals surface area contributed by atoms with Crippen LogP contribution in [0.2, 0.25) is 10.0 Å². The highest BCUT2D eigenvalue weighted by molar-refractivity contribution is 7.97. The number of benzene rings is 3. The van der Waals surface area contributed by atoms with E-state index in [4.69, 9.17) is 33.7 Å². The lowest BCUT2D eigenvalue weighted by Gasteiger charge is -2.12. The topological polar surface area (TPSA) is 47.3 Å². The van der Waals surface area contributed by atoms with Crippen molar-refractivity contribution in [1.82, 2.24) is 4.72 Å². The minimum absolute atomic E-state index is 0.437. The number of ether oxygens (including phenoxy) is 1. The number of anilines is 1. The van der Waals surface area contributed by atoms with Crippen molar-refractivity contribution >= 4 is 40.8 Å². The number of nitrogens with one attached hydrogen (secondary N) is 1. The number of rotatable bonds is 6. The summed E-state index contributed by atoms with van der Waals surface area (Å²) in [5.74, 6) is 1.06. The molecule has 6 heteroatoms. The van der Waals surface area contributed by atoms with Gasteiger partial charge in [-0.15, -0.1) is 0 Å². The van der Waals surface area contributed by atoms with E-state index in [2.05, 4.69) is 16.9 Å². The van der Waals surface area contributed by atoms with Gasteiger partial charge in [0.2, 0.25) is 0 Å². The van der Waals surface area contributed by atoms with E-state index in [0.29, 0.717) is 27.2 Å². The predicted octanol–water partition coefficient (Wildman–Crippen LogP) is 6.16. The van der Waals surface area contributed by atoms with Gasteiger partial charge in [-0.25, -0.2) is 0 Å². The molecule has 0 aliphatic carbocycles. The van der Waals surface area contributed by atoms with Crippen molar-refractivity contribution in [3.63, 3.8) is 0 Å². The second kappa shape index (κ2) is 8.50. The largest absolute Gasteiger partial charge is 0.454 e. The molecule has 0 aromatic heterocycles. The van der Waals surface area contributed by atoms with Crippen LogP contribution in [-0.4, -0.2) is 0 Å². The first-order chi connectivity index (χ1) is 12.1. The van der Waals surface area contributed by atoms with Gasteiger partial charge in [0.25, 0.3) is 0 Å². The first-order valence-corrected chi connectivity index (χ1v) is 9.15. The highest BCUT2D eigenvalue weighted by Gasteiger charge is 2.08. The van der Waals surface area contributed by atoms with Crippen LogP contribution in [0.25, 0.3) is 0 Å². The zero-order chi connectivity index (χ0) is 17.6. The normalized spacial score (nSPS) is 10.6. The summed E-state index contributed by atoms with van der Waals surface area (Å²) in [5.41, 5.74) is 7.77. The molecule has 0 aliphatic heterocycles. The minimum atomic E-state index is 0.437. The van der Waals surface area contributed by atoms with Gasteiger partial charge in [0.05, 0.1) is 10.7 Å². The smallest absolute Gasteiger partial charge is 0.151 e. The van der Waals surface area contributed by atoms with Gasteiger partial charge in [0, 0.05) is 16.5 Å². The van der Waals surface area contributed by atoms with Crippen molar-refractivity contribution in [3.05, 3.63) is 82.3 Å². The maximum Gasteiger partial charge on any atom is 0.151 e. The molecular weight excluding hydrogens is 375 g/mol. The monoisotopic (exact) mass is 390 g/mol. The van der Waals surface area contributed by atoms with Crippen LogP contribution in [0.1, 0.15) is 5.56 Å². The Labute approximate surface area is 161 Å². The molecule has 0 saturated carbocycles. The zero-order valence-electron chi connectivity index (χ0n) is 13.2. The summed E-state index contributed by atoms with van der Waals surface area (Å²) in [7, 11) is 0. The van der Waals surface area contributed by atoms with Crippen LogP contribution < -0.4 is 15.2 Å². The predicted molar refractivity (Wildman–Crippen MR) is 107 cm³/mol. The fourth-order valence-electron chi connectivity index (χ4n) is 2.14. The summed E-state index contributed by atoms with van der Waals surface area (Å²) in [5, 5.41) is 0.992. The van der Waals surface area contributed by atoms with Crippen molar-refractivity contribution in [1.29, 1.82) is 0 Å².